The Bertz CT molecular complexity index is 553. The molecule has 0 radical (unpaired) electrons. The Kier molecular flexibility index (Phi) is 3.71. The Morgan fingerprint density at radius 1 is 1.32 bits per heavy atom. The molecule has 100 valence electrons. The van der Waals surface area contributed by atoms with Crippen molar-refractivity contribution in [3.8, 4) is 11.3 Å². The number of aryl methyl sites for hydroxylation is 1. The number of aromatic amines is 1. The van der Waals surface area contributed by atoms with E-state index in [1.165, 1.54) is 24.1 Å². The standard InChI is InChI=1S/C15H18BrN3/c1-2-12-14(10-5-7-11(16)8-6-10)19-15(18-12)13-4-3-9-17-13/h5-8,13,17H,2-4,9H2,1H3,(H,18,19). The first-order valence-corrected chi connectivity index (χ1v) is 7.65. The number of hydrogen-bond acceptors (Lipinski definition) is 2. The van der Waals surface area contributed by atoms with Crippen molar-refractivity contribution in [2.75, 3.05) is 6.54 Å². The average Bonchev–Trinajstić information content (AvgIpc) is 3.08. The van der Waals surface area contributed by atoms with Gasteiger partial charge in [-0.1, -0.05) is 35.0 Å². The third-order valence-electron chi connectivity index (χ3n) is 3.66. The molecule has 0 bridgehead atoms. The van der Waals surface area contributed by atoms with Crippen LogP contribution in [0.5, 0.6) is 0 Å². The average molecular weight is 320 g/mol. The highest BCUT2D eigenvalue weighted by Gasteiger charge is 2.21. The first kappa shape index (κ1) is 12.9. The number of hydrogen-bond donors (Lipinski definition) is 2. The maximum atomic E-state index is 4.83. The molecule has 3 rings (SSSR count). The van der Waals surface area contributed by atoms with Crippen LogP contribution >= 0.6 is 15.9 Å². The molecule has 1 fully saturated rings. The summed E-state index contributed by atoms with van der Waals surface area (Å²) in [5, 5.41) is 3.50. The van der Waals surface area contributed by atoms with E-state index in [1.807, 2.05) is 0 Å². The van der Waals surface area contributed by atoms with E-state index in [4.69, 9.17) is 4.98 Å². The van der Waals surface area contributed by atoms with E-state index in [0.717, 1.165) is 29.0 Å². The Morgan fingerprint density at radius 3 is 2.74 bits per heavy atom. The quantitative estimate of drug-likeness (QED) is 0.902. The lowest BCUT2D eigenvalue weighted by molar-refractivity contribution is 0.611. The maximum Gasteiger partial charge on any atom is 0.124 e. The van der Waals surface area contributed by atoms with Gasteiger partial charge in [-0.3, -0.25) is 0 Å². The van der Waals surface area contributed by atoms with E-state index >= 15 is 0 Å². The summed E-state index contributed by atoms with van der Waals surface area (Å²) in [6.07, 6.45) is 3.39. The molecule has 3 nitrogen and oxygen atoms in total. The number of aromatic nitrogens is 2. The summed E-state index contributed by atoms with van der Waals surface area (Å²) in [5.41, 5.74) is 3.50. The smallest absolute Gasteiger partial charge is 0.124 e. The maximum absolute atomic E-state index is 4.83. The Labute approximate surface area is 122 Å². The van der Waals surface area contributed by atoms with Crippen molar-refractivity contribution < 1.29 is 0 Å². The van der Waals surface area contributed by atoms with Gasteiger partial charge in [0.15, 0.2) is 0 Å². The molecule has 0 aliphatic carbocycles. The van der Waals surface area contributed by atoms with Gasteiger partial charge >= 0.3 is 0 Å². The molecule has 4 heteroatoms. The van der Waals surface area contributed by atoms with E-state index in [0.29, 0.717) is 6.04 Å². The first-order chi connectivity index (χ1) is 9.28. The summed E-state index contributed by atoms with van der Waals surface area (Å²) >= 11 is 3.47. The minimum Gasteiger partial charge on any atom is -0.344 e. The van der Waals surface area contributed by atoms with Gasteiger partial charge in [0.1, 0.15) is 5.82 Å². The molecule has 1 aromatic carbocycles. The van der Waals surface area contributed by atoms with Gasteiger partial charge in [-0.05, 0) is 37.9 Å². The SMILES string of the molecule is CCc1[nH]c(C2CCCN2)nc1-c1ccc(Br)cc1. The van der Waals surface area contributed by atoms with Crippen LogP contribution in [-0.4, -0.2) is 16.5 Å². The summed E-state index contributed by atoms with van der Waals surface area (Å²) in [5.74, 6) is 1.09. The van der Waals surface area contributed by atoms with Crippen molar-refractivity contribution >= 4 is 15.9 Å². The summed E-state index contributed by atoms with van der Waals surface area (Å²) in [4.78, 5) is 8.33. The minimum absolute atomic E-state index is 0.398. The molecule has 0 saturated carbocycles. The van der Waals surface area contributed by atoms with Crippen LogP contribution in [0.3, 0.4) is 0 Å². The van der Waals surface area contributed by atoms with Crippen molar-refractivity contribution in [2.45, 2.75) is 32.2 Å². The van der Waals surface area contributed by atoms with Crippen molar-refractivity contribution in [2.24, 2.45) is 0 Å². The topological polar surface area (TPSA) is 40.7 Å². The number of H-pyrrole nitrogens is 1. The fourth-order valence-electron chi connectivity index (χ4n) is 2.62. The van der Waals surface area contributed by atoms with E-state index in [2.05, 4.69) is 57.4 Å². The third kappa shape index (κ3) is 2.60. The third-order valence-corrected chi connectivity index (χ3v) is 4.19. The normalized spacial score (nSPS) is 18.9. The fourth-order valence-corrected chi connectivity index (χ4v) is 2.88. The van der Waals surface area contributed by atoms with Crippen LogP contribution in [0.2, 0.25) is 0 Å². The van der Waals surface area contributed by atoms with Crippen LogP contribution in [0.15, 0.2) is 28.7 Å². The van der Waals surface area contributed by atoms with Crippen LogP contribution < -0.4 is 5.32 Å². The van der Waals surface area contributed by atoms with Crippen molar-refractivity contribution in [1.29, 1.82) is 0 Å². The van der Waals surface area contributed by atoms with Gasteiger partial charge in [-0.25, -0.2) is 4.98 Å². The molecule has 2 aromatic rings. The van der Waals surface area contributed by atoms with Crippen LogP contribution in [0.1, 0.15) is 37.3 Å². The van der Waals surface area contributed by atoms with Crippen LogP contribution in [0.4, 0.5) is 0 Å². The number of nitrogens with zero attached hydrogens (tertiary/aromatic N) is 1. The van der Waals surface area contributed by atoms with Crippen molar-refractivity contribution in [3.63, 3.8) is 0 Å². The zero-order chi connectivity index (χ0) is 13.2. The van der Waals surface area contributed by atoms with Gasteiger partial charge in [-0.2, -0.15) is 0 Å². The van der Waals surface area contributed by atoms with Gasteiger partial charge in [0.2, 0.25) is 0 Å². The molecule has 0 amide bonds. The molecule has 1 atom stereocenters. The van der Waals surface area contributed by atoms with Gasteiger partial charge in [0.05, 0.1) is 11.7 Å². The van der Waals surface area contributed by atoms with Crippen molar-refractivity contribution in [3.05, 3.63) is 40.3 Å². The summed E-state index contributed by atoms with van der Waals surface area (Å²) in [7, 11) is 0. The lowest BCUT2D eigenvalue weighted by Crippen LogP contribution is -2.14. The molecule has 1 aliphatic heterocycles. The molecule has 2 N–H and O–H groups in total. The van der Waals surface area contributed by atoms with E-state index in [-0.39, 0.29) is 0 Å². The zero-order valence-corrected chi connectivity index (χ0v) is 12.6. The molecule has 1 aliphatic rings. The second kappa shape index (κ2) is 5.47. The molecule has 1 aromatic heterocycles. The Morgan fingerprint density at radius 2 is 2.11 bits per heavy atom. The Hall–Kier alpha value is -1.13. The predicted octanol–water partition coefficient (Wildman–Crippen LogP) is 3.83. The van der Waals surface area contributed by atoms with Gasteiger partial charge in [-0.15, -0.1) is 0 Å². The fraction of sp³-hybridized carbons (Fsp3) is 0.400. The van der Waals surface area contributed by atoms with E-state index < -0.39 is 0 Å². The number of nitrogens with one attached hydrogen (secondary N) is 2. The van der Waals surface area contributed by atoms with Crippen molar-refractivity contribution in [1.82, 2.24) is 15.3 Å². The number of halogens is 1. The largest absolute Gasteiger partial charge is 0.344 e. The van der Waals surface area contributed by atoms with Gasteiger partial charge in [0.25, 0.3) is 0 Å². The van der Waals surface area contributed by atoms with Crippen LogP contribution in [0.25, 0.3) is 11.3 Å². The molecular formula is C15H18BrN3. The number of rotatable bonds is 3. The highest BCUT2D eigenvalue weighted by atomic mass is 79.9. The van der Waals surface area contributed by atoms with Gasteiger partial charge in [0, 0.05) is 15.7 Å². The second-order valence-electron chi connectivity index (χ2n) is 4.96. The lowest BCUT2D eigenvalue weighted by atomic mass is 10.1. The highest BCUT2D eigenvalue weighted by molar-refractivity contribution is 9.10. The van der Waals surface area contributed by atoms with Gasteiger partial charge < -0.3 is 10.3 Å². The number of benzene rings is 1. The minimum atomic E-state index is 0.398. The molecule has 1 unspecified atom stereocenters. The zero-order valence-electron chi connectivity index (χ0n) is 11.0. The molecule has 0 spiro atoms. The van der Waals surface area contributed by atoms with E-state index in [9.17, 15) is 0 Å². The predicted molar refractivity (Wildman–Crippen MR) is 81.1 cm³/mol. The molecule has 2 heterocycles. The number of imidazole rings is 1. The highest BCUT2D eigenvalue weighted by Crippen LogP contribution is 2.28. The molecule has 19 heavy (non-hydrogen) atoms. The molecular weight excluding hydrogens is 302 g/mol. The lowest BCUT2D eigenvalue weighted by Gasteiger charge is -2.04. The summed E-state index contributed by atoms with van der Waals surface area (Å²) in [6, 6.07) is 8.76. The first-order valence-electron chi connectivity index (χ1n) is 6.86. The van der Waals surface area contributed by atoms with E-state index in [1.54, 1.807) is 0 Å². The van der Waals surface area contributed by atoms with Crippen LogP contribution in [0, 0.1) is 0 Å². The summed E-state index contributed by atoms with van der Waals surface area (Å²) in [6.45, 7) is 3.27. The Balaban J connectivity index is 1.97. The van der Waals surface area contributed by atoms with Crippen LogP contribution in [-0.2, 0) is 6.42 Å². The molecule has 1 saturated heterocycles. The monoisotopic (exact) mass is 319 g/mol. The second-order valence-corrected chi connectivity index (χ2v) is 5.87. The summed E-state index contributed by atoms with van der Waals surface area (Å²) < 4.78 is 1.10.